The van der Waals surface area contributed by atoms with Crippen molar-refractivity contribution in [2.24, 2.45) is 0 Å². The van der Waals surface area contributed by atoms with Crippen molar-refractivity contribution in [2.45, 2.75) is 37.9 Å². The van der Waals surface area contributed by atoms with Gasteiger partial charge in [0.1, 0.15) is 0 Å². The maximum Gasteiger partial charge on any atom is 0.0951 e. The normalized spacial score (nSPS) is 17.9. The summed E-state index contributed by atoms with van der Waals surface area (Å²) in [4.78, 5) is 4.24. The Morgan fingerprint density at radius 3 is 2.75 bits per heavy atom. The molecule has 0 spiro atoms. The van der Waals surface area contributed by atoms with Gasteiger partial charge in [-0.25, -0.2) is 4.98 Å². The van der Waals surface area contributed by atoms with Crippen molar-refractivity contribution >= 4 is 0 Å². The molecule has 1 aliphatic rings. The summed E-state index contributed by atoms with van der Waals surface area (Å²) in [6.07, 6.45) is 6.32. The van der Waals surface area contributed by atoms with Gasteiger partial charge >= 0.3 is 0 Å². The summed E-state index contributed by atoms with van der Waals surface area (Å²) < 4.78 is 2.25. The van der Waals surface area contributed by atoms with Gasteiger partial charge in [0, 0.05) is 18.8 Å². The van der Waals surface area contributed by atoms with E-state index in [2.05, 4.69) is 14.9 Å². The Labute approximate surface area is 119 Å². The number of rotatable bonds is 6. The standard InChI is InChI=1S/C16H21N3O/c1-16(11-20,13-5-3-2-4-6-13)18-10-15-9-17-12-19(15)14-7-8-14/h2-6,9,12,14,18,20H,7-8,10-11H2,1H3. The van der Waals surface area contributed by atoms with Gasteiger partial charge in [0.05, 0.1) is 24.2 Å². The van der Waals surface area contributed by atoms with Crippen LogP contribution in [0.5, 0.6) is 0 Å². The number of hydrogen-bond acceptors (Lipinski definition) is 3. The van der Waals surface area contributed by atoms with E-state index in [1.807, 2.05) is 49.8 Å². The SMILES string of the molecule is CC(CO)(NCc1cncn1C1CC1)c1ccccc1. The molecule has 1 aliphatic carbocycles. The Kier molecular flexibility index (Phi) is 3.59. The maximum absolute atomic E-state index is 9.77. The van der Waals surface area contributed by atoms with Crippen molar-refractivity contribution in [3.05, 3.63) is 54.1 Å². The van der Waals surface area contributed by atoms with Crippen molar-refractivity contribution in [2.75, 3.05) is 6.61 Å². The summed E-state index contributed by atoms with van der Waals surface area (Å²) in [6, 6.07) is 10.7. The van der Waals surface area contributed by atoms with Crippen LogP contribution in [0, 0.1) is 0 Å². The summed E-state index contributed by atoms with van der Waals surface area (Å²) >= 11 is 0. The topological polar surface area (TPSA) is 50.1 Å². The van der Waals surface area contributed by atoms with E-state index in [0.717, 1.165) is 5.56 Å². The number of aliphatic hydroxyl groups is 1. The van der Waals surface area contributed by atoms with Crippen molar-refractivity contribution in [3.63, 3.8) is 0 Å². The molecule has 2 aromatic rings. The minimum absolute atomic E-state index is 0.0641. The van der Waals surface area contributed by atoms with E-state index in [4.69, 9.17) is 0 Å². The fourth-order valence-corrected chi connectivity index (χ4v) is 2.49. The summed E-state index contributed by atoms with van der Waals surface area (Å²) in [7, 11) is 0. The number of benzene rings is 1. The van der Waals surface area contributed by atoms with Crippen molar-refractivity contribution in [1.29, 1.82) is 0 Å². The number of hydrogen-bond donors (Lipinski definition) is 2. The molecular weight excluding hydrogens is 250 g/mol. The number of aliphatic hydroxyl groups excluding tert-OH is 1. The van der Waals surface area contributed by atoms with Crippen molar-refractivity contribution in [1.82, 2.24) is 14.9 Å². The Hall–Kier alpha value is -1.65. The zero-order valence-electron chi connectivity index (χ0n) is 11.8. The quantitative estimate of drug-likeness (QED) is 0.847. The summed E-state index contributed by atoms with van der Waals surface area (Å²) in [6.45, 7) is 2.80. The average Bonchev–Trinajstić information content (AvgIpc) is 3.24. The molecule has 3 rings (SSSR count). The molecule has 1 aromatic heterocycles. The zero-order chi connectivity index (χ0) is 14.0. The summed E-state index contributed by atoms with van der Waals surface area (Å²) in [5.41, 5.74) is 1.85. The number of aromatic nitrogens is 2. The lowest BCUT2D eigenvalue weighted by atomic mass is 9.93. The van der Waals surface area contributed by atoms with Gasteiger partial charge in [-0.3, -0.25) is 0 Å². The molecule has 0 aliphatic heterocycles. The third kappa shape index (κ3) is 2.62. The zero-order valence-corrected chi connectivity index (χ0v) is 11.8. The first-order valence-corrected chi connectivity index (χ1v) is 7.15. The molecule has 1 aromatic carbocycles. The van der Waals surface area contributed by atoms with Gasteiger partial charge in [-0.2, -0.15) is 0 Å². The molecule has 4 heteroatoms. The molecule has 20 heavy (non-hydrogen) atoms. The minimum Gasteiger partial charge on any atom is -0.394 e. The second-order valence-electron chi connectivity index (χ2n) is 5.73. The molecule has 1 heterocycles. The van der Waals surface area contributed by atoms with E-state index < -0.39 is 5.54 Å². The van der Waals surface area contributed by atoms with Crippen molar-refractivity contribution in [3.8, 4) is 0 Å². The molecule has 1 fully saturated rings. The monoisotopic (exact) mass is 271 g/mol. The summed E-state index contributed by atoms with van der Waals surface area (Å²) in [5.74, 6) is 0. The predicted molar refractivity (Wildman–Crippen MR) is 78.2 cm³/mol. The van der Waals surface area contributed by atoms with Crippen molar-refractivity contribution < 1.29 is 5.11 Å². The first-order chi connectivity index (χ1) is 9.73. The fourth-order valence-electron chi connectivity index (χ4n) is 2.49. The van der Waals surface area contributed by atoms with Crippen LogP contribution in [0.25, 0.3) is 0 Å². The predicted octanol–water partition coefficient (Wildman–Crippen LogP) is 2.22. The Morgan fingerprint density at radius 2 is 2.10 bits per heavy atom. The van der Waals surface area contributed by atoms with E-state index in [1.165, 1.54) is 18.5 Å². The lowest BCUT2D eigenvalue weighted by molar-refractivity contribution is 0.172. The van der Waals surface area contributed by atoms with Gasteiger partial charge < -0.3 is 15.0 Å². The van der Waals surface area contributed by atoms with Crippen LogP contribution in [-0.4, -0.2) is 21.3 Å². The summed E-state index contributed by atoms with van der Waals surface area (Å²) in [5, 5.41) is 13.2. The smallest absolute Gasteiger partial charge is 0.0951 e. The van der Waals surface area contributed by atoms with Crippen LogP contribution >= 0.6 is 0 Å². The highest BCUT2D eigenvalue weighted by Gasteiger charge is 2.28. The molecule has 0 amide bonds. The Morgan fingerprint density at radius 1 is 1.35 bits per heavy atom. The van der Waals surface area contributed by atoms with Crippen LogP contribution in [0.4, 0.5) is 0 Å². The molecule has 1 unspecified atom stereocenters. The highest BCUT2D eigenvalue weighted by atomic mass is 16.3. The second kappa shape index (κ2) is 5.38. The third-order valence-corrected chi connectivity index (χ3v) is 4.07. The molecule has 106 valence electrons. The van der Waals surface area contributed by atoms with Gasteiger partial charge in [-0.05, 0) is 25.3 Å². The van der Waals surface area contributed by atoms with E-state index >= 15 is 0 Å². The lowest BCUT2D eigenvalue weighted by Crippen LogP contribution is -2.42. The first kappa shape index (κ1) is 13.3. The molecule has 0 radical (unpaired) electrons. The minimum atomic E-state index is -0.431. The average molecular weight is 271 g/mol. The third-order valence-electron chi connectivity index (χ3n) is 4.07. The Bertz CT molecular complexity index is 562. The number of nitrogens with one attached hydrogen (secondary N) is 1. The molecule has 4 nitrogen and oxygen atoms in total. The number of imidazole rings is 1. The molecule has 1 saturated carbocycles. The van der Waals surface area contributed by atoms with Gasteiger partial charge in [0.2, 0.25) is 0 Å². The number of nitrogens with zero attached hydrogens (tertiary/aromatic N) is 2. The van der Waals surface area contributed by atoms with Crippen LogP contribution < -0.4 is 5.32 Å². The molecule has 0 saturated heterocycles. The first-order valence-electron chi connectivity index (χ1n) is 7.15. The van der Waals surface area contributed by atoms with Crippen LogP contribution in [0.15, 0.2) is 42.9 Å². The van der Waals surface area contributed by atoms with Gasteiger partial charge in [0.25, 0.3) is 0 Å². The van der Waals surface area contributed by atoms with Gasteiger partial charge in [-0.15, -0.1) is 0 Å². The fraction of sp³-hybridized carbons (Fsp3) is 0.438. The van der Waals surface area contributed by atoms with E-state index in [1.54, 1.807) is 0 Å². The highest BCUT2D eigenvalue weighted by molar-refractivity contribution is 5.24. The molecule has 2 N–H and O–H groups in total. The van der Waals surface area contributed by atoms with E-state index in [0.29, 0.717) is 12.6 Å². The van der Waals surface area contributed by atoms with E-state index in [-0.39, 0.29) is 6.61 Å². The van der Waals surface area contributed by atoms with Crippen LogP contribution in [0.1, 0.15) is 37.1 Å². The lowest BCUT2D eigenvalue weighted by Gasteiger charge is -2.29. The molecular formula is C16H21N3O. The van der Waals surface area contributed by atoms with Gasteiger partial charge in [-0.1, -0.05) is 30.3 Å². The maximum atomic E-state index is 9.77. The van der Waals surface area contributed by atoms with Crippen LogP contribution in [0.2, 0.25) is 0 Å². The molecule has 1 atom stereocenters. The highest BCUT2D eigenvalue weighted by Crippen LogP contribution is 2.35. The van der Waals surface area contributed by atoms with E-state index in [9.17, 15) is 5.11 Å². The second-order valence-corrected chi connectivity index (χ2v) is 5.73. The van der Waals surface area contributed by atoms with Crippen LogP contribution in [-0.2, 0) is 12.1 Å². The molecule has 0 bridgehead atoms. The van der Waals surface area contributed by atoms with Gasteiger partial charge in [0.15, 0.2) is 0 Å². The largest absolute Gasteiger partial charge is 0.394 e. The van der Waals surface area contributed by atoms with Crippen LogP contribution in [0.3, 0.4) is 0 Å². The Balaban J connectivity index is 1.73.